The average molecular weight is 410 g/mol. The number of carbonyl (C=O) groups is 2. The smallest absolute Gasteiger partial charge is 0.274 e. The predicted octanol–water partition coefficient (Wildman–Crippen LogP) is 4.13. The van der Waals surface area contributed by atoms with Gasteiger partial charge in [-0.2, -0.15) is 0 Å². The third kappa shape index (κ3) is 4.12. The van der Waals surface area contributed by atoms with Crippen molar-refractivity contribution >= 4 is 39.4 Å². The van der Waals surface area contributed by atoms with Crippen molar-refractivity contribution in [3.63, 3.8) is 0 Å². The standard InChI is InChI=1S/C21H22N4O3S/c1-12-22-8-7-15(23-12)20(27)24-16-10-19-17(9-18(16)28-2)25-21(29-19)14-5-3-13(11-26)4-6-14/h7-11,13-14H,3-6H2,1-2H3,(H,24,27)/t13-,14-. The van der Waals surface area contributed by atoms with Crippen LogP contribution in [0.2, 0.25) is 0 Å². The highest BCUT2D eigenvalue weighted by Crippen LogP contribution is 2.40. The van der Waals surface area contributed by atoms with Crippen molar-refractivity contribution in [3.05, 3.63) is 40.9 Å². The zero-order chi connectivity index (χ0) is 20.4. The molecule has 0 spiro atoms. The number of hydrogen-bond acceptors (Lipinski definition) is 7. The molecule has 29 heavy (non-hydrogen) atoms. The monoisotopic (exact) mass is 410 g/mol. The van der Waals surface area contributed by atoms with Crippen LogP contribution in [0.1, 0.15) is 52.9 Å². The van der Waals surface area contributed by atoms with Gasteiger partial charge in [0.25, 0.3) is 5.91 Å². The van der Waals surface area contributed by atoms with Crippen molar-refractivity contribution in [2.24, 2.45) is 5.92 Å². The van der Waals surface area contributed by atoms with Crippen molar-refractivity contribution < 1.29 is 14.3 Å². The van der Waals surface area contributed by atoms with E-state index in [1.807, 2.05) is 12.1 Å². The number of nitrogens with zero attached hydrogens (tertiary/aromatic N) is 3. The van der Waals surface area contributed by atoms with Gasteiger partial charge in [-0.25, -0.2) is 15.0 Å². The number of benzene rings is 1. The van der Waals surface area contributed by atoms with Gasteiger partial charge in [-0.15, -0.1) is 11.3 Å². The van der Waals surface area contributed by atoms with E-state index < -0.39 is 0 Å². The van der Waals surface area contributed by atoms with E-state index in [9.17, 15) is 9.59 Å². The Bertz CT molecular complexity index is 1060. The number of rotatable bonds is 5. The Kier molecular flexibility index (Phi) is 5.53. The van der Waals surface area contributed by atoms with Crippen LogP contribution >= 0.6 is 11.3 Å². The highest BCUT2D eigenvalue weighted by atomic mass is 32.1. The highest BCUT2D eigenvalue weighted by Gasteiger charge is 2.25. The highest BCUT2D eigenvalue weighted by molar-refractivity contribution is 7.18. The minimum Gasteiger partial charge on any atom is -0.494 e. The molecule has 0 aliphatic heterocycles. The Labute approximate surface area is 172 Å². The second kappa shape index (κ2) is 8.24. The van der Waals surface area contributed by atoms with Crippen LogP contribution in [0.4, 0.5) is 5.69 Å². The van der Waals surface area contributed by atoms with Gasteiger partial charge in [0.15, 0.2) is 0 Å². The summed E-state index contributed by atoms with van der Waals surface area (Å²) in [7, 11) is 1.57. The summed E-state index contributed by atoms with van der Waals surface area (Å²) < 4.78 is 6.47. The van der Waals surface area contributed by atoms with Crippen molar-refractivity contribution in [2.75, 3.05) is 12.4 Å². The Morgan fingerprint density at radius 1 is 1.24 bits per heavy atom. The van der Waals surface area contributed by atoms with E-state index in [1.165, 1.54) is 0 Å². The maximum atomic E-state index is 12.6. The second-order valence-electron chi connectivity index (χ2n) is 7.26. The Morgan fingerprint density at radius 3 is 2.72 bits per heavy atom. The van der Waals surface area contributed by atoms with Gasteiger partial charge in [0.2, 0.25) is 0 Å². The molecule has 0 saturated heterocycles. The summed E-state index contributed by atoms with van der Waals surface area (Å²) in [6, 6.07) is 5.33. The molecular weight excluding hydrogens is 388 g/mol. The number of hydrogen-bond donors (Lipinski definition) is 1. The first kappa shape index (κ1) is 19.4. The average Bonchev–Trinajstić information content (AvgIpc) is 3.16. The number of fused-ring (bicyclic) bond motifs is 1. The number of aromatic nitrogens is 3. The van der Waals surface area contributed by atoms with Crippen LogP contribution in [0, 0.1) is 12.8 Å². The lowest BCUT2D eigenvalue weighted by Crippen LogP contribution is -2.15. The van der Waals surface area contributed by atoms with Crippen LogP contribution in [0.5, 0.6) is 5.75 Å². The molecule has 0 bridgehead atoms. The molecule has 3 aromatic rings. The summed E-state index contributed by atoms with van der Waals surface area (Å²) in [6.07, 6.45) is 6.45. The SMILES string of the molecule is COc1cc2nc([C@H]3CC[C@H](C=O)CC3)sc2cc1NC(=O)c1ccnc(C)n1. The fraction of sp³-hybridized carbons (Fsp3) is 0.381. The molecule has 1 fully saturated rings. The summed E-state index contributed by atoms with van der Waals surface area (Å²) in [4.78, 5) is 36.6. The van der Waals surface area contributed by atoms with Gasteiger partial charge in [-0.1, -0.05) is 0 Å². The number of nitrogens with one attached hydrogen (secondary N) is 1. The van der Waals surface area contributed by atoms with E-state index in [0.29, 0.717) is 28.9 Å². The van der Waals surface area contributed by atoms with Crippen LogP contribution < -0.4 is 10.1 Å². The van der Waals surface area contributed by atoms with Crippen LogP contribution in [-0.4, -0.2) is 34.3 Å². The molecule has 1 aromatic carbocycles. The minimum atomic E-state index is -0.315. The van der Waals surface area contributed by atoms with E-state index in [0.717, 1.165) is 47.2 Å². The molecule has 1 aliphatic carbocycles. The quantitative estimate of drug-likeness (QED) is 0.636. The van der Waals surface area contributed by atoms with Crippen molar-refractivity contribution in [1.82, 2.24) is 15.0 Å². The molecule has 8 heteroatoms. The second-order valence-corrected chi connectivity index (χ2v) is 8.33. The molecule has 0 radical (unpaired) electrons. The van der Waals surface area contributed by atoms with E-state index in [4.69, 9.17) is 9.72 Å². The van der Waals surface area contributed by atoms with E-state index in [2.05, 4.69) is 15.3 Å². The lowest BCUT2D eigenvalue weighted by atomic mass is 9.83. The number of ether oxygens (including phenoxy) is 1. The van der Waals surface area contributed by atoms with E-state index in [1.54, 1.807) is 37.6 Å². The number of thiazole rings is 1. The van der Waals surface area contributed by atoms with Gasteiger partial charge in [-0.05, 0) is 44.7 Å². The van der Waals surface area contributed by atoms with Crippen molar-refractivity contribution in [2.45, 2.75) is 38.5 Å². The Hall–Kier alpha value is -2.87. The number of amides is 1. The summed E-state index contributed by atoms with van der Waals surface area (Å²) in [5.74, 6) is 1.35. The molecule has 2 aromatic heterocycles. The fourth-order valence-electron chi connectivity index (χ4n) is 3.68. The van der Waals surface area contributed by atoms with Crippen LogP contribution in [-0.2, 0) is 4.79 Å². The third-order valence-corrected chi connectivity index (χ3v) is 6.48. The number of anilines is 1. The summed E-state index contributed by atoms with van der Waals surface area (Å²) >= 11 is 1.64. The Balaban J connectivity index is 1.60. The molecule has 0 unspecified atom stereocenters. The minimum absolute atomic E-state index is 0.188. The zero-order valence-corrected chi connectivity index (χ0v) is 17.2. The molecule has 1 saturated carbocycles. The van der Waals surface area contributed by atoms with Gasteiger partial charge >= 0.3 is 0 Å². The van der Waals surface area contributed by atoms with E-state index >= 15 is 0 Å². The Morgan fingerprint density at radius 2 is 2.03 bits per heavy atom. The molecule has 2 heterocycles. The first-order valence-corrected chi connectivity index (χ1v) is 10.4. The number of methoxy groups -OCH3 is 1. The molecular formula is C21H22N4O3S. The normalized spacial score (nSPS) is 19.1. The van der Waals surface area contributed by atoms with E-state index in [-0.39, 0.29) is 11.8 Å². The lowest BCUT2D eigenvalue weighted by molar-refractivity contribution is -0.111. The van der Waals surface area contributed by atoms with Crippen LogP contribution in [0.25, 0.3) is 10.2 Å². The number of aldehydes is 1. The molecule has 150 valence electrons. The fourth-order valence-corrected chi connectivity index (χ4v) is 4.84. The number of carbonyl (C=O) groups excluding carboxylic acids is 2. The first-order chi connectivity index (χ1) is 14.1. The predicted molar refractivity (Wildman–Crippen MR) is 112 cm³/mol. The summed E-state index contributed by atoms with van der Waals surface area (Å²) in [5.41, 5.74) is 1.74. The molecule has 1 aliphatic rings. The van der Waals surface area contributed by atoms with Gasteiger partial charge in [-0.3, -0.25) is 4.79 Å². The lowest BCUT2D eigenvalue weighted by Gasteiger charge is -2.23. The van der Waals surface area contributed by atoms with Crippen molar-refractivity contribution in [3.8, 4) is 5.75 Å². The van der Waals surface area contributed by atoms with Gasteiger partial charge < -0.3 is 14.8 Å². The van der Waals surface area contributed by atoms with Gasteiger partial charge in [0, 0.05) is 24.1 Å². The zero-order valence-electron chi connectivity index (χ0n) is 16.3. The van der Waals surface area contributed by atoms with Crippen LogP contribution in [0.3, 0.4) is 0 Å². The van der Waals surface area contributed by atoms with Gasteiger partial charge in [0.05, 0.1) is 28.0 Å². The van der Waals surface area contributed by atoms with Gasteiger partial charge in [0.1, 0.15) is 23.6 Å². The largest absolute Gasteiger partial charge is 0.494 e. The molecule has 7 nitrogen and oxygen atoms in total. The maximum absolute atomic E-state index is 12.6. The third-order valence-electron chi connectivity index (χ3n) is 5.30. The number of aryl methyl sites for hydroxylation is 1. The molecule has 4 rings (SSSR count). The summed E-state index contributed by atoms with van der Waals surface area (Å²) in [6.45, 7) is 1.74. The van der Waals surface area contributed by atoms with Crippen LogP contribution in [0.15, 0.2) is 24.4 Å². The first-order valence-electron chi connectivity index (χ1n) is 9.62. The maximum Gasteiger partial charge on any atom is 0.274 e. The topological polar surface area (TPSA) is 94.1 Å². The molecule has 1 amide bonds. The molecule has 1 N–H and O–H groups in total. The summed E-state index contributed by atoms with van der Waals surface area (Å²) in [5, 5.41) is 3.97. The van der Waals surface area contributed by atoms with Crippen molar-refractivity contribution in [1.29, 1.82) is 0 Å². The molecule has 0 atom stereocenters.